The minimum atomic E-state index is -0.724. The smallest absolute Gasteiger partial charge is 0.305 e. The number of ether oxygens (including phenoxy) is 3. The van der Waals surface area contributed by atoms with Gasteiger partial charge in [-0.05, 0) is 54.1 Å². The molecule has 6 rings (SSSR count). The van der Waals surface area contributed by atoms with Crippen LogP contribution in [0.15, 0.2) is 70.5 Å². The first kappa shape index (κ1) is 27.7. The first-order valence-corrected chi connectivity index (χ1v) is 14.9. The fourth-order valence-corrected chi connectivity index (χ4v) is 8.13. The Kier molecular flexibility index (Phi) is 7.50. The molecule has 0 bridgehead atoms. The molecule has 12 heteroatoms. The predicted octanol–water partition coefficient (Wildman–Crippen LogP) is 6.14. The van der Waals surface area contributed by atoms with Gasteiger partial charge >= 0.3 is 4.87 Å². The van der Waals surface area contributed by atoms with Crippen molar-refractivity contribution in [3.63, 3.8) is 0 Å². The van der Waals surface area contributed by atoms with Crippen LogP contribution in [0.5, 0.6) is 17.2 Å². The molecule has 8 nitrogen and oxygen atoms in total. The monoisotopic (exact) mass is 628 g/mol. The molecule has 1 fully saturated rings. The maximum atomic E-state index is 13.9. The summed E-state index contributed by atoms with van der Waals surface area (Å²) in [4.78, 5) is 44.5. The molecule has 1 N–H and O–H groups in total. The Morgan fingerprint density at radius 1 is 0.902 bits per heavy atom. The average Bonchev–Trinajstić information content (AvgIpc) is 3.46. The number of rotatable bonds is 7. The van der Waals surface area contributed by atoms with E-state index in [4.69, 9.17) is 37.4 Å². The highest BCUT2D eigenvalue weighted by Gasteiger charge is 2.56. The molecule has 3 aromatic carbocycles. The largest absolute Gasteiger partial charge is 0.497 e. The van der Waals surface area contributed by atoms with Gasteiger partial charge in [0.25, 0.3) is 0 Å². The molecule has 3 atom stereocenters. The van der Waals surface area contributed by atoms with Crippen molar-refractivity contribution in [3.8, 4) is 17.2 Å². The molecule has 4 aromatic rings. The molecule has 0 spiro atoms. The quantitative estimate of drug-likeness (QED) is 0.246. The standard InChI is InChI=1S/C29H22Cl2N2O6S2/c1-37-18-8-6-17(7-9-18)33-27(34)23-22(24-26(32-29(36)41-24)40-25(23)28(33)35)14-4-10-20(21(11-14)38-2)39-13-15-3-5-16(30)12-19(15)31/h3-12,22-23,25H,13H2,1-2H3,(H,32,36)/t22-,23-,25+/m0/s1. The van der Waals surface area contributed by atoms with E-state index in [1.807, 2.05) is 6.07 Å². The normalized spacial score (nSPS) is 19.6. The third kappa shape index (κ3) is 4.99. The number of H-pyrrole nitrogens is 1. The third-order valence-corrected chi connectivity index (χ3v) is 10.1. The lowest BCUT2D eigenvalue weighted by molar-refractivity contribution is -0.122. The molecule has 210 valence electrons. The lowest BCUT2D eigenvalue weighted by Gasteiger charge is -2.30. The number of thiazole rings is 1. The van der Waals surface area contributed by atoms with E-state index in [9.17, 15) is 14.4 Å². The Hall–Kier alpha value is -3.44. The molecule has 1 saturated heterocycles. The lowest BCUT2D eigenvalue weighted by Crippen LogP contribution is -2.32. The number of aromatic nitrogens is 1. The summed E-state index contributed by atoms with van der Waals surface area (Å²) in [6.45, 7) is 0.184. The van der Waals surface area contributed by atoms with Gasteiger partial charge in [0.05, 0.1) is 30.9 Å². The van der Waals surface area contributed by atoms with Crippen LogP contribution in [0.25, 0.3) is 0 Å². The molecule has 41 heavy (non-hydrogen) atoms. The van der Waals surface area contributed by atoms with E-state index in [0.29, 0.717) is 42.9 Å². The number of benzene rings is 3. The van der Waals surface area contributed by atoms with Crippen LogP contribution in [0, 0.1) is 5.92 Å². The summed E-state index contributed by atoms with van der Waals surface area (Å²) in [5.74, 6) is -0.400. The summed E-state index contributed by atoms with van der Waals surface area (Å²) in [6, 6.07) is 17.3. The Balaban J connectivity index is 1.36. The Morgan fingerprint density at radius 2 is 1.68 bits per heavy atom. The van der Waals surface area contributed by atoms with Crippen molar-refractivity contribution in [1.29, 1.82) is 0 Å². The second kappa shape index (κ2) is 11.1. The average molecular weight is 630 g/mol. The van der Waals surface area contributed by atoms with Gasteiger partial charge < -0.3 is 19.2 Å². The first-order valence-electron chi connectivity index (χ1n) is 12.4. The summed E-state index contributed by atoms with van der Waals surface area (Å²) < 4.78 is 16.9. The number of amides is 2. The van der Waals surface area contributed by atoms with Crippen LogP contribution >= 0.6 is 46.3 Å². The Bertz CT molecular complexity index is 1720. The number of carbonyl (C=O) groups excluding carboxylic acids is 2. The van der Waals surface area contributed by atoms with Crippen LogP contribution < -0.4 is 24.0 Å². The molecule has 1 aromatic heterocycles. The number of halogens is 2. The summed E-state index contributed by atoms with van der Waals surface area (Å²) in [5, 5.41) is 0.906. The number of nitrogens with zero attached hydrogens (tertiary/aromatic N) is 1. The first-order chi connectivity index (χ1) is 19.8. The van der Waals surface area contributed by atoms with Gasteiger partial charge in [0.15, 0.2) is 11.5 Å². The number of anilines is 1. The van der Waals surface area contributed by atoms with Crippen LogP contribution in [-0.4, -0.2) is 36.3 Å². The molecule has 0 saturated carbocycles. The highest BCUT2D eigenvalue weighted by atomic mass is 35.5. The van der Waals surface area contributed by atoms with Gasteiger partial charge in [-0.25, -0.2) is 4.90 Å². The van der Waals surface area contributed by atoms with Crippen LogP contribution in [0.3, 0.4) is 0 Å². The van der Waals surface area contributed by atoms with Crippen LogP contribution in [0.2, 0.25) is 10.0 Å². The fourth-order valence-electron chi connectivity index (χ4n) is 5.15. The van der Waals surface area contributed by atoms with Gasteiger partial charge in [0.1, 0.15) is 17.6 Å². The Labute approximate surface area is 253 Å². The molecule has 2 aliphatic rings. The number of methoxy groups -OCH3 is 2. The van der Waals surface area contributed by atoms with Crippen molar-refractivity contribution in [2.45, 2.75) is 22.8 Å². The SMILES string of the molecule is COc1ccc(N2C(=O)[C@H]3[C@H](c4ccc(OCc5ccc(Cl)cc5Cl)c(OC)c4)c4sc(=O)[nH]c4S[C@H]3C2=O)cc1. The predicted molar refractivity (Wildman–Crippen MR) is 159 cm³/mol. The summed E-state index contributed by atoms with van der Waals surface area (Å²) in [6.07, 6.45) is 0. The minimum Gasteiger partial charge on any atom is -0.497 e. The van der Waals surface area contributed by atoms with Crippen molar-refractivity contribution in [1.82, 2.24) is 4.98 Å². The maximum absolute atomic E-state index is 13.9. The van der Waals surface area contributed by atoms with Gasteiger partial charge in [-0.3, -0.25) is 14.4 Å². The molecule has 0 unspecified atom stereocenters. The zero-order valence-corrected chi connectivity index (χ0v) is 24.8. The van der Waals surface area contributed by atoms with E-state index in [0.717, 1.165) is 22.5 Å². The zero-order chi connectivity index (χ0) is 28.8. The summed E-state index contributed by atoms with van der Waals surface area (Å²) in [5.41, 5.74) is 1.95. The van der Waals surface area contributed by atoms with E-state index in [2.05, 4.69) is 4.98 Å². The number of hydrogen-bond acceptors (Lipinski definition) is 8. The summed E-state index contributed by atoms with van der Waals surface area (Å²) >= 11 is 14.6. The van der Waals surface area contributed by atoms with Crippen LogP contribution in [0.4, 0.5) is 5.69 Å². The number of fused-ring (bicyclic) bond motifs is 2. The van der Waals surface area contributed by atoms with E-state index >= 15 is 0 Å². The van der Waals surface area contributed by atoms with Crippen LogP contribution in [0.1, 0.15) is 21.9 Å². The molecular weight excluding hydrogens is 607 g/mol. The molecule has 0 radical (unpaired) electrons. The Morgan fingerprint density at radius 3 is 2.39 bits per heavy atom. The van der Waals surface area contributed by atoms with Crippen molar-refractivity contribution in [3.05, 3.63) is 96.4 Å². The van der Waals surface area contributed by atoms with Gasteiger partial charge in [-0.1, -0.05) is 58.4 Å². The zero-order valence-electron chi connectivity index (χ0n) is 21.7. The molecular formula is C29H22Cl2N2O6S2. The maximum Gasteiger partial charge on any atom is 0.305 e. The molecule has 2 aliphatic heterocycles. The van der Waals surface area contributed by atoms with E-state index in [1.54, 1.807) is 61.7 Å². The fraction of sp³-hybridized carbons (Fsp3) is 0.207. The number of carbonyl (C=O) groups is 2. The lowest BCUT2D eigenvalue weighted by atomic mass is 9.83. The number of hydrogen-bond donors (Lipinski definition) is 1. The van der Waals surface area contributed by atoms with Crippen LogP contribution in [-0.2, 0) is 16.2 Å². The number of aromatic amines is 1. The van der Waals surface area contributed by atoms with E-state index in [-0.39, 0.29) is 23.3 Å². The van der Waals surface area contributed by atoms with E-state index < -0.39 is 17.1 Å². The van der Waals surface area contributed by atoms with Crippen molar-refractivity contribution in [2.24, 2.45) is 5.92 Å². The van der Waals surface area contributed by atoms with Gasteiger partial charge in [-0.2, -0.15) is 0 Å². The molecule has 2 amide bonds. The number of thioether (sulfide) groups is 1. The van der Waals surface area contributed by atoms with Crippen molar-refractivity contribution in [2.75, 3.05) is 19.1 Å². The number of nitrogens with one attached hydrogen (secondary N) is 1. The minimum absolute atomic E-state index is 0.184. The second-order valence-corrected chi connectivity index (χ2v) is 12.4. The third-order valence-electron chi connectivity index (χ3n) is 7.10. The second-order valence-electron chi connectivity index (χ2n) is 9.39. The molecule has 0 aliphatic carbocycles. The van der Waals surface area contributed by atoms with Gasteiger partial charge in [0.2, 0.25) is 11.8 Å². The van der Waals surface area contributed by atoms with Gasteiger partial charge in [0, 0.05) is 26.4 Å². The topological polar surface area (TPSA) is 97.9 Å². The van der Waals surface area contributed by atoms with E-state index in [1.165, 1.54) is 23.8 Å². The summed E-state index contributed by atoms with van der Waals surface area (Å²) in [7, 11) is 3.07. The highest BCUT2D eigenvalue weighted by Crippen LogP contribution is 2.54. The number of imide groups is 1. The van der Waals surface area contributed by atoms with Gasteiger partial charge in [-0.15, -0.1) is 0 Å². The molecule has 3 heterocycles. The van der Waals surface area contributed by atoms with Crippen molar-refractivity contribution < 1.29 is 23.8 Å². The highest BCUT2D eigenvalue weighted by molar-refractivity contribution is 8.00. The van der Waals surface area contributed by atoms with Crippen molar-refractivity contribution >= 4 is 63.8 Å².